The van der Waals surface area contributed by atoms with E-state index in [1.54, 1.807) is 11.4 Å². The van der Waals surface area contributed by atoms with Crippen LogP contribution in [0.2, 0.25) is 0 Å². The van der Waals surface area contributed by atoms with E-state index in [0.29, 0.717) is 0 Å². The molecule has 0 saturated heterocycles. The molecule has 0 aliphatic rings. The van der Waals surface area contributed by atoms with Gasteiger partial charge in [0.15, 0.2) is 0 Å². The summed E-state index contributed by atoms with van der Waals surface area (Å²) < 4.78 is 48.8. The number of nitriles is 1. The SMILES string of the molecule is N#Cc1cccc(C(=O)NCC(F)(F)C(F)F)c1. The summed E-state index contributed by atoms with van der Waals surface area (Å²) in [6.45, 7) is -1.46. The Labute approximate surface area is 100 Å². The second-order valence-electron chi connectivity index (χ2n) is 3.44. The summed E-state index contributed by atoms with van der Waals surface area (Å²) in [6.07, 6.45) is -3.84. The van der Waals surface area contributed by atoms with Crippen LogP contribution in [0.25, 0.3) is 0 Å². The van der Waals surface area contributed by atoms with Crippen molar-refractivity contribution in [2.24, 2.45) is 0 Å². The highest BCUT2D eigenvalue weighted by atomic mass is 19.3. The number of amides is 1. The van der Waals surface area contributed by atoms with Gasteiger partial charge in [0.2, 0.25) is 0 Å². The van der Waals surface area contributed by atoms with E-state index in [9.17, 15) is 22.4 Å². The number of benzene rings is 1. The topological polar surface area (TPSA) is 52.9 Å². The number of alkyl halides is 4. The molecule has 0 aliphatic carbocycles. The second kappa shape index (κ2) is 5.49. The predicted octanol–water partition coefficient (Wildman–Crippen LogP) is 2.19. The third-order valence-electron chi connectivity index (χ3n) is 2.06. The maximum absolute atomic E-state index is 12.6. The molecular formula is C11H8F4N2O. The minimum Gasteiger partial charge on any atom is -0.346 e. The first-order valence-corrected chi connectivity index (χ1v) is 4.81. The Hall–Kier alpha value is -2.10. The molecular weight excluding hydrogens is 252 g/mol. The summed E-state index contributed by atoms with van der Waals surface area (Å²) >= 11 is 0. The Morgan fingerprint density at radius 1 is 1.44 bits per heavy atom. The van der Waals surface area contributed by atoms with Crippen LogP contribution in [-0.2, 0) is 0 Å². The van der Waals surface area contributed by atoms with Crippen molar-refractivity contribution in [2.75, 3.05) is 6.54 Å². The first-order valence-electron chi connectivity index (χ1n) is 4.81. The Morgan fingerprint density at radius 3 is 2.67 bits per heavy atom. The number of rotatable bonds is 4. The van der Waals surface area contributed by atoms with Crippen LogP contribution in [0, 0.1) is 11.3 Å². The average molecular weight is 260 g/mol. The third-order valence-corrected chi connectivity index (χ3v) is 2.06. The molecule has 3 nitrogen and oxygen atoms in total. The van der Waals surface area contributed by atoms with Gasteiger partial charge in [-0.25, -0.2) is 8.78 Å². The summed E-state index contributed by atoms with van der Waals surface area (Å²) in [4.78, 5) is 11.4. The average Bonchev–Trinajstić information content (AvgIpc) is 2.36. The lowest BCUT2D eigenvalue weighted by molar-refractivity contribution is -0.123. The molecule has 1 amide bonds. The van der Waals surface area contributed by atoms with Gasteiger partial charge in [0.1, 0.15) is 0 Å². The van der Waals surface area contributed by atoms with Gasteiger partial charge in [-0.1, -0.05) is 6.07 Å². The molecule has 1 aromatic rings. The molecule has 0 fully saturated rings. The molecule has 96 valence electrons. The summed E-state index contributed by atoms with van der Waals surface area (Å²) in [5, 5.41) is 10.3. The zero-order valence-corrected chi connectivity index (χ0v) is 8.96. The maximum Gasteiger partial charge on any atom is 0.324 e. The van der Waals surface area contributed by atoms with Crippen LogP contribution in [0.5, 0.6) is 0 Å². The van der Waals surface area contributed by atoms with Crippen molar-refractivity contribution in [1.29, 1.82) is 5.26 Å². The Balaban J connectivity index is 2.69. The van der Waals surface area contributed by atoms with Gasteiger partial charge in [0.05, 0.1) is 18.2 Å². The highest BCUT2D eigenvalue weighted by molar-refractivity contribution is 5.94. The van der Waals surface area contributed by atoms with E-state index in [0.717, 1.165) is 0 Å². The molecule has 1 N–H and O–H groups in total. The second-order valence-corrected chi connectivity index (χ2v) is 3.44. The van der Waals surface area contributed by atoms with E-state index in [-0.39, 0.29) is 11.1 Å². The van der Waals surface area contributed by atoms with Crippen LogP contribution >= 0.6 is 0 Å². The third kappa shape index (κ3) is 3.45. The fourth-order valence-corrected chi connectivity index (χ4v) is 1.11. The molecule has 7 heteroatoms. The zero-order valence-electron chi connectivity index (χ0n) is 8.96. The van der Waals surface area contributed by atoms with Crippen LogP contribution in [0.1, 0.15) is 15.9 Å². The first kappa shape index (κ1) is 14.0. The molecule has 0 atom stereocenters. The van der Waals surface area contributed by atoms with Crippen molar-refractivity contribution < 1.29 is 22.4 Å². The summed E-state index contributed by atoms with van der Waals surface area (Å²) in [7, 11) is 0. The fraction of sp³-hybridized carbons (Fsp3) is 0.273. The van der Waals surface area contributed by atoms with Crippen LogP contribution in [0.4, 0.5) is 17.6 Å². The van der Waals surface area contributed by atoms with E-state index in [1.165, 1.54) is 24.3 Å². The molecule has 0 unspecified atom stereocenters. The summed E-state index contributed by atoms with van der Waals surface area (Å²) in [5.74, 6) is -5.21. The Kier molecular flexibility index (Phi) is 4.26. The van der Waals surface area contributed by atoms with Crippen LogP contribution in [0.15, 0.2) is 24.3 Å². The Morgan fingerprint density at radius 2 is 2.11 bits per heavy atom. The highest BCUT2D eigenvalue weighted by Gasteiger charge is 2.40. The van der Waals surface area contributed by atoms with Gasteiger partial charge in [-0.2, -0.15) is 14.0 Å². The van der Waals surface area contributed by atoms with Crippen molar-refractivity contribution >= 4 is 5.91 Å². The minimum absolute atomic E-state index is 0.0425. The zero-order chi connectivity index (χ0) is 13.8. The monoisotopic (exact) mass is 260 g/mol. The number of carbonyl (C=O) groups is 1. The summed E-state index contributed by atoms with van der Waals surface area (Å²) in [6, 6.07) is 7.04. The van der Waals surface area contributed by atoms with Crippen molar-refractivity contribution in [3.8, 4) is 6.07 Å². The highest BCUT2D eigenvalue weighted by Crippen LogP contribution is 2.21. The lowest BCUT2D eigenvalue weighted by Gasteiger charge is -2.15. The van der Waals surface area contributed by atoms with Crippen LogP contribution < -0.4 is 5.32 Å². The van der Waals surface area contributed by atoms with Gasteiger partial charge in [-0.05, 0) is 18.2 Å². The van der Waals surface area contributed by atoms with Gasteiger partial charge in [-0.3, -0.25) is 4.79 Å². The van der Waals surface area contributed by atoms with Gasteiger partial charge < -0.3 is 5.32 Å². The minimum atomic E-state index is -4.28. The maximum atomic E-state index is 12.6. The molecule has 0 radical (unpaired) electrons. The quantitative estimate of drug-likeness (QED) is 0.843. The first-order chi connectivity index (χ1) is 8.36. The number of carbonyl (C=O) groups excluding carboxylic acids is 1. The molecule has 1 aromatic carbocycles. The largest absolute Gasteiger partial charge is 0.346 e. The van der Waals surface area contributed by atoms with Crippen LogP contribution in [-0.4, -0.2) is 24.8 Å². The normalized spacial score (nSPS) is 11.1. The van der Waals surface area contributed by atoms with Crippen molar-refractivity contribution in [2.45, 2.75) is 12.3 Å². The van der Waals surface area contributed by atoms with Crippen molar-refractivity contribution in [3.05, 3.63) is 35.4 Å². The number of nitrogens with zero attached hydrogens (tertiary/aromatic N) is 1. The van der Waals surface area contributed by atoms with Gasteiger partial charge in [0.25, 0.3) is 5.91 Å². The molecule has 18 heavy (non-hydrogen) atoms. The number of nitrogens with one attached hydrogen (secondary N) is 1. The number of hydrogen-bond donors (Lipinski definition) is 1. The molecule has 0 saturated carbocycles. The number of hydrogen-bond acceptors (Lipinski definition) is 2. The van der Waals surface area contributed by atoms with Crippen molar-refractivity contribution in [1.82, 2.24) is 5.32 Å². The van der Waals surface area contributed by atoms with E-state index >= 15 is 0 Å². The van der Waals surface area contributed by atoms with Gasteiger partial charge in [-0.15, -0.1) is 0 Å². The Bertz CT molecular complexity index is 482. The van der Waals surface area contributed by atoms with Crippen LogP contribution in [0.3, 0.4) is 0 Å². The van der Waals surface area contributed by atoms with E-state index < -0.39 is 24.8 Å². The molecule has 0 spiro atoms. The fourth-order valence-electron chi connectivity index (χ4n) is 1.11. The molecule has 0 bridgehead atoms. The molecule has 1 rings (SSSR count). The molecule has 0 aliphatic heterocycles. The smallest absolute Gasteiger partial charge is 0.324 e. The predicted molar refractivity (Wildman–Crippen MR) is 54.4 cm³/mol. The number of halogens is 4. The molecule has 0 heterocycles. The van der Waals surface area contributed by atoms with E-state index in [4.69, 9.17) is 5.26 Å². The molecule has 0 aromatic heterocycles. The van der Waals surface area contributed by atoms with Crippen molar-refractivity contribution in [3.63, 3.8) is 0 Å². The van der Waals surface area contributed by atoms with Gasteiger partial charge in [0, 0.05) is 5.56 Å². The standard InChI is InChI=1S/C11H8F4N2O/c12-10(13)11(14,15)6-17-9(18)8-3-1-2-7(4-8)5-16/h1-4,10H,6H2,(H,17,18). The lowest BCUT2D eigenvalue weighted by Crippen LogP contribution is -2.41. The summed E-state index contributed by atoms with van der Waals surface area (Å²) in [5.41, 5.74) is 0.127. The van der Waals surface area contributed by atoms with Gasteiger partial charge >= 0.3 is 12.3 Å². The van der Waals surface area contributed by atoms with E-state index in [2.05, 4.69) is 0 Å². The lowest BCUT2D eigenvalue weighted by atomic mass is 10.1. The van der Waals surface area contributed by atoms with E-state index in [1.807, 2.05) is 0 Å².